The third-order valence-corrected chi connectivity index (χ3v) is 8.21. The normalized spacial score (nSPS) is 14.8. The molecular formula is C27H40N4O6S. The van der Waals surface area contributed by atoms with Crippen molar-refractivity contribution in [3.05, 3.63) is 36.5 Å². The van der Waals surface area contributed by atoms with Crippen LogP contribution in [0.15, 0.2) is 41.4 Å². The predicted octanol–water partition coefficient (Wildman–Crippen LogP) is 3.03. The number of sulfonamides is 1. The number of para-hydroxylation sites is 1. The Morgan fingerprint density at radius 2 is 1.71 bits per heavy atom. The number of pyridine rings is 1. The van der Waals surface area contributed by atoms with Gasteiger partial charge < -0.3 is 15.7 Å². The molecule has 0 bridgehead atoms. The number of likely N-dealkylation sites (N-methyl/N-ethyl adjacent to an activating group) is 1. The highest BCUT2D eigenvalue weighted by atomic mass is 32.2. The number of hydrogen-bond acceptors (Lipinski definition) is 6. The molecule has 3 N–H and O–H groups in total. The first-order valence-corrected chi connectivity index (χ1v) is 14.2. The molecule has 0 aliphatic rings. The van der Waals surface area contributed by atoms with Crippen molar-refractivity contribution < 1.29 is 27.9 Å². The molecule has 0 radical (unpaired) electrons. The number of carbonyl (C=O) groups is 3. The van der Waals surface area contributed by atoms with Gasteiger partial charge in [-0.1, -0.05) is 59.7 Å². The van der Waals surface area contributed by atoms with E-state index in [1.54, 1.807) is 52.0 Å². The third kappa shape index (κ3) is 7.08. The third-order valence-electron chi connectivity index (χ3n) is 6.29. The van der Waals surface area contributed by atoms with Crippen LogP contribution in [0.3, 0.4) is 0 Å². The van der Waals surface area contributed by atoms with Crippen molar-refractivity contribution >= 4 is 38.7 Å². The van der Waals surface area contributed by atoms with Crippen LogP contribution in [0.25, 0.3) is 10.9 Å². The number of carboxylic acid groups (broad SMARTS) is 1. The highest BCUT2D eigenvalue weighted by molar-refractivity contribution is 7.89. The molecule has 11 heteroatoms. The zero-order valence-corrected chi connectivity index (χ0v) is 24.0. The second kappa shape index (κ2) is 12.7. The van der Waals surface area contributed by atoms with Gasteiger partial charge in [-0.2, -0.15) is 4.31 Å². The van der Waals surface area contributed by atoms with E-state index in [1.165, 1.54) is 19.3 Å². The Kier molecular flexibility index (Phi) is 10.4. The summed E-state index contributed by atoms with van der Waals surface area (Å²) in [5.41, 5.74) is -0.460. The van der Waals surface area contributed by atoms with Gasteiger partial charge in [-0.15, -0.1) is 0 Å². The monoisotopic (exact) mass is 548 g/mol. The average molecular weight is 549 g/mol. The van der Waals surface area contributed by atoms with Crippen LogP contribution < -0.4 is 10.6 Å². The summed E-state index contributed by atoms with van der Waals surface area (Å²) >= 11 is 0. The van der Waals surface area contributed by atoms with Gasteiger partial charge in [-0.05, 0) is 36.3 Å². The minimum absolute atomic E-state index is 0.0942. The first-order chi connectivity index (χ1) is 17.7. The Labute approximate surface area is 225 Å². The summed E-state index contributed by atoms with van der Waals surface area (Å²) in [7, 11) is -2.94. The fourth-order valence-electron chi connectivity index (χ4n) is 4.49. The maximum atomic E-state index is 14.1. The van der Waals surface area contributed by atoms with E-state index in [1.807, 2.05) is 13.8 Å². The number of aromatic nitrogens is 1. The van der Waals surface area contributed by atoms with Crippen molar-refractivity contribution in [2.24, 2.45) is 17.3 Å². The van der Waals surface area contributed by atoms with Crippen LogP contribution in [0, 0.1) is 17.3 Å². The molecule has 2 rings (SSSR count). The number of amides is 2. The predicted molar refractivity (Wildman–Crippen MR) is 146 cm³/mol. The van der Waals surface area contributed by atoms with Crippen molar-refractivity contribution in [3.63, 3.8) is 0 Å². The van der Waals surface area contributed by atoms with E-state index in [-0.39, 0.29) is 29.3 Å². The van der Waals surface area contributed by atoms with E-state index < -0.39 is 51.2 Å². The van der Waals surface area contributed by atoms with Crippen LogP contribution in [0.1, 0.15) is 54.4 Å². The van der Waals surface area contributed by atoms with E-state index in [9.17, 15) is 27.9 Å². The Morgan fingerprint density at radius 3 is 2.24 bits per heavy atom. The fourth-order valence-corrected chi connectivity index (χ4v) is 6.37. The first-order valence-electron chi connectivity index (χ1n) is 12.8. The van der Waals surface area contributed by atoms with Crippen LogP contribution in [0.2, 0.25) is 0 Å². The highest BCUT2D eigenvalue weighted by Gasteiger charge is 2.45. The van der Waals surface area contributed by atoms with Gasteiger partial charge in [-0.25, -0.2) is 8.42 Å². The Morgan fingerprint density at radius 1 is 1.08 bits per heavy atom. The van der Waals surface area contributed by atoms with Gasteiger partial charge >= 0.3 is 5.97 Å². The van der Waals surface area contributed by atoms with Crippen molar-refractivity contribution in [3.8, 4) is 0 Å². The smallest absolute Gasteiger partial charge is 0.322 e. The lowest BCUT2D eigenvalue weighted by atomic mass is 9.84. The molecule has 0 saturated carbocycles. The van der Waals surface area contributed by atoms with E-state index in [4.69, 9.17) is 0 Å². The second-order valence-electron chi connectivity index (χ2n) is 10.9. The maximum absolute atomic E-state index is 14.1. The van der Waals surface area contributed by atoms with Crippen molar-refractivity contribution in [1.29, 1.82) is 0 Å². The number of nitrogens with one attached hydrogen (secondary N) is 2. The maximum Gasteiger partial charge on any atom is 0.322 e. The van der Waals surface area contributed by atoms with Crippen LogP contribution in [0.5, 0.6) is 0 Å². The minimum atomic E-state index is -4.40. The molecular weight excluding hydrogens is 508 g/mol. The van der Waals surface area contributed by atoms with Gasteiger partial charge in [-0.3, -0.25) is 19.4 Å². The topological polar surface area (TPSA) is 146 Å². The number of rotatable bonds is 12. The summed E-state index contributed by atoms with van der Waals surface area (Å²) in [6.45, 7) is 10.6. The van der Waals surface area contributed by atoms with Crippen LogP contribution in [-0.2, 0) is 24.4 Å². The van der Waals surface area contributed by atoms with E-state index in [2.05, 4.69) is 15.6 Å². The summed E-state index contributed by atoms with van der Waals surface area (Å²) in [5, 5.41) is 16.2. The summed E-state index contributed by atoms with van der Waals surface area (Å²) in [6.07, 6.45) is 1.89. The summed E-state index contributed by atoms with van der Waals surface area (Å²) < 4.78 is 29.0. The lowest BCUT2D eigenvalue weighted by Crippen LogP contribution is -2.58. The van der Waals surface area contributed by atoms with Gasteiger partial charge in [0.25, 0.3) is 0 Å². The summed E-state index contributed by atoms with van der Waals surface area (Å²) in [6, 6.07) is 5.44. The molecule has 0 saturated heterocycles. The van der Waals surface area contributed by atoms with Crippen LogP contribution in [-0.4, -0.2) is 66.3 Å². The highest BCUT2D eigenvalue weighted by Crippen LogP contribution is 2.30. The molecule has 2 amide bonds. The van der Waals surface area contributed by atoms with Crippen LogP contribution in [0.4, 0.5) is 0 Å². The van der Waals surface area contributed by atoms with Gasteiger partial charge in [0.05, 0.1) is 11.4 Å². The Hall–Kier alpha value is -3.05. The second-order valence-corrected chi connectivity index (χ2v) is 12.7. The van der Waals surface area contributed by atoms with Gasteiger partial charge in [0.15, 0.2) is 0 Å². The quantitative estimate of drug-likeness (QED) is 0.370. The Bertz CT molecular complexity index is 1250. The number of hydrogen-bond donors (Lipinski definition) is 3. The average Bonchev–Trinajstić information content (AvgIpc) is 2.84. The largest absolute Gasteiger partial charge is 0.480 e. The molecule has 0 aliphatic carbocycles. The fraction of sp³-hybridized carbons (Fsp3) is 0.556. The van der Waals surface area contributed by atoms with Crippen molar-refractivity contribution in [2.75, 3.05) is 13.6 Å². The summed E-state index contributed by atoms with van der Waals surface area (Å²) in [5.74, 6) is -3.96. The molecule has 0 spiro atoms. The van der Waals surface area contributed by atoms with E-state index in [0.717, 1.165) is 4.31 Å². The standard InChI is InChI=1S/C27H40N4O6S/c1-8-15-31(38(36,37)20-13-9-11-18-12-10-14-29-21(18)20)22(26(34)35)19(16-17(2)3)24(32)30-23(25(33)28-7)27(4,5)6/h9-14,17,19,22-23H,8,15-16H2,1-7H3,(H,28,33)(H,30,32)(H,34,35)/t19-,22+,23-/m1/s1. The van der Waals surface area contributed by atoms with E-state index in [0.29, 0.717) is 11.8 Å². The van der Waals surface area contributed by atoms with Crippen molar-refractivity contribution in [1.82, 2.24) is 19.9 Å². The molecule has 0 fully saturated rings. The lowest BCUT2D eigenvalue weighted by Gasteiger charge is -2.36. The lowest BCUT2D eigenvalue weighted by molar-refractivity contribution is -0.148. The molecule has 10 nitrogen and oxygen atoms in total. The molecule has 2 aromatic rings. The molecule has 38 heavy (non-hydrogen) atoms. The summed E-state index contributed by atoms with van der Waals surface area (Å²) in [4.78, 5) is 43.2. The number of fused-ring (bicyclic) bond motifs is 1. The molecule has 1 aromatic carbocycles. The molecule has 1 heterocycles. The SMILES string of the molecule is CCCN([C@H](C(=O)O)[C@@H](CC(C)C)C(=O)N[C@H](C(=O)NC)C(C)(C)C)S(=O)(=O)c1cccc2cccnc12. The van der Waals surface area contributed by atoms with Gasteiger partial charge in [0.1, 0.15) is 17.0 Å². The molecule has 1 aromatic heterocycles. The van der Waals surface area contributed by atoms with Crippen LogP contribution >= 0.6 is 0 Å². The number of carboxylic acids is 1. The van der Waals surface area contributed by atoms with Crippen molar-refractivity contribution in [2.45, 2.75) is 71.4 Å². The zero-order chi connectivity index (χ0) is 28.8. The number of benzene rings is 1. The number of carbonyl (C=O) groups excluding carboxylic acids is 2. The molecule has 210 valence electrons. The Balaban J connectivity index is 2.67. The van der Waals surface area contributed by atoms with E-state index >= 15 is 0 Å². The molecule has 0 aliphatic heterocycles. The zero-order valence-electron chi connectivity index (χ0n) is 23.2. The molecule has 0 unspecified atom stereocenters. The first kappa shape index (κ1) is 31.2. The number of nitrogens with zero attached hydrogens (tertiary/aromatic N) is 2. The van der Waals surface area contributed by atoms with Gasteiger partial charge in [0, 0.05) is 25.2 Å². The minimum Gasteiger partial charge on any atom is -0.480 e. The number of aliphatic carboxylic acids is 1. The van der Waals surface area contributed by atoms with Gasteiger partial charge in [0.2, 0.25) is 21.8 Å². The molecule has 3 atom stereocenters.